The molecule has 2 N–H and O–H groups in total. The number of aromatic amines is 1. The molecule has 1 aliphatic carbocycles. The zero-order valence-corrected chi connectivity index (χ0v) is 13.5. The van der Waals surface area contributed by atoms with Gasteiger partial charge in [0.05, 0.1) is 0 Å². The summed E-state index contributed by atoms with van der Waals surface area (Å²) in [5.74, 6) is -0.0369. The summed E-state index contributed by atoms with van der Waals surface area (Å²) < 4.78 is 1.01. The Morgan fingerprint density at radius 3 is 2.55 bits per heavy atom. The lowest BCUT2D eigenvalue weighted by atomic mass is 10.1. The van der Waals surface area contributed by atoms with Gasteiger partial charge in [0.15, 0.2) is 0 Å². The largest absolute Gasteiger partial charge is 0.351 e. The van der Waals surface area contributed by atoms with E-state index in [1.165, 1.54) is 11.1 Å². The lowest BCUT2D eigenvalue weighted by molar-refractivity contribution is 0.0934. The van der Waals surface area contributed by atoms with E-state index in [1.807, 2.05) is 24.3 Å². The van der Waals surface area contributed by atoms with E-state index in [0.717, 1.165) is 28.2 Å². The van der Waals surface area contributed by atoms with Crippen LogP contribution in [0.2, 0.25) is 0 Å². The molecule has 1 aliphatic rings. The number of halogens is 1. The highest BCUT2D eigenvalue weighted by Crippen LogP contribution is 2.23. The molecule has 1 amide bonds. The van der Waals surface area contributed by atoms with Gasteiger partial charge in [0.2, 0.25) is 0 Å². The first-order valence-electron chi connectivity index (χ1n) is 7.35. The fourth-order valence-corrected chi connectivity index (χ4v) is 3.53. The normalized spacial score (nSPS) is 14.2. The molecule has 0 atom stereocenters. The fraction of sp³-hybridized carbons (Fsp3) is 0.167. The summed E-state index contributed by atoms with van der Waals surface area (Å²) in [7, 11) is 0. The number of nitrogens with one attached hydrogen (secondary N) is 2. The van der Waals surface area contributed by atoms with E-state index in [-0.39, 0.29) is 11.9 Å². The molecule has 0 saturated carbocycles. The van der Waals surface area contributed by atoms with Gasteiger partial charge in [0.1, 0.15) is 5.69 Å². The van der Waals surface area contributed by atoms with Gasteiger partial charge in [-0.25, -0.2) is 0 Å². The zero-order chi connectivity index (χ0) is 15.1. The highest BCUT2D eigenvalue weighted by atomic mass is 79.9. The topological polar surface area (TPSA) is 44.9 Å². The third-order valence-electron chi connectivity index (χ3n) is 4.21. The minimum Gasteiger partial charge on any atom is -0.351 e. The van der Waals surface area contributed by atoms with Gasteiger partial charge in [-0.1, -0.05) is 40.2 Å². The lowest BCUT2D eigenvalue weighted by Crippen LogP contribution is -2.35. The quantitative estimate of drug-likeness (QED) is 0.721. The Hall–Kier alpha value is -2.07. The van der Waals surface area contributed by atoms with Crippen molar-refractivity contribution in [2.24, 2.45) is 0 Å². The third-order valence-corrected chi connectivity index (χ3v) is 4.71. The van der Waals surface area contributed by atoms with E-state index < -0.39 is 0 Å². The molecule has 2 aromatic carbocycles. The average Bonchev–Trinajstić information content (AvgIpc) is 3.09. The number of H-pyrrole nitrogens is 1. The van der Waals surface area contributed by atoms with Crippen LogP contribution in [0.3, 0.4) is 0 Å². The summed E-state index contributed by atoms with van der Waals surface area (Å²) in [4.78, 5) is 15.6. The van der Waals surface area contributed by atoms with Crippen molar-refractivity contribution in [3.63, 3.8) is 0 Å². The van der Waals surface area contributed by atoms with Gasteiger partial charge in [-0.15, -0.1) is 0 Å². The monoisotopic (exact) mass is 354 g/mol. The molecule has 1 aromatic heterocycles. The van der Waals surface area contributed by atoms with Crippen molar-refractivity contribution in [2.45, 2.75) is 18.9 Å². The van der Waals surface area contributed by atoms with Crippen LogP contribution in [0.5, 0.6) is 0 Å². The van der Waals surface area contributed by atoms with E-state index in [4.69, 9.17) is 0 Å². The van der Waals surface area contributed by atoms with Crippen molar-refractivity contribution < 1.29 is 4.79 Å². The van der Waals surface area contributed by atoms with Crippen LogP contribution < -0.4 is 5.32 Å². The molecule has 0 fully saturated rings. The summed E-state index contributed by atoms with van der Waals surface area (Å²) >= 11 is 3.45. The second kappa shape index (κ2) is 5.29. The molecule has 0 bridgehead atoms. The number of rotatable bonds is 2. The van der Waals surface area contributed by atoms with Crippen LogP contribution in [0, 0.1) is 0 Å². The van der Waals surface area contributed by atoms with Crippen molar-refractivity contribution in [1.82, 2.24) is 10.3 Å². The molecule has 0 spiro atoms. The first-order valence-corrected chi connectivity index (χ1v) is 8.14. The molecular weight excluding hydrogens is 340 g/mol. The molecule has 22 heavy (non-hydrogen) atoms. The van der Waals surface area contributed by atoms with Crippen molar-refractivity contribution in [1.29, 1.82) is 0 Å². The Bertz CT molecular complexity index is 843. The number of amides is 1. The van der Waals surface area contributed by atoms with Crippen molar-refractivity contribution in [3.05, 3.63) is 69.8 Å². The van der Waals surface area contributed by atoms with E-state index in [2.05, 4.69) is 50.5 Å². The van der Waals surface area contributed by atoms with Gasteiger partial charge in [0, 0.05) is 21.4 Å². The Kier molecular flexibility index (Phi) is 3.26. The van der Waals surface area contributed by atoms with Gasteiger partial charge in [-0.2, -0.15) is 0 Å². The maximum absolute atomic E-state index is 12.5. The van der Waals surface area contributed by atoms with Crippen LogP contribution in [0.1, 0.15) is 21.6 Å². The summed E-state index contributed by atoms with van der Waals surface area (Å²) in [6.07, 6.45) is 1.82. The molecule has 3 aromatic rings. The average molecular weight is 355 g/mol. The number of hydrogen-bond donors (Lipinski definition) is 2. The first-order chi connectivity index (χ1) is 10.7. The smallest absolute Gasteiger partial charge is 0.267 e. The molecule has 4 rings (SSSR count). The van der Waals surface area contributed by atoms with Gasteiger partial charge in [-0.3, -0.25) is 4.79 Å². The Labute approximate surface area is 136 Å². The van der Waals surface area contributed by atoms with Gasteiger partial charge in [0.25, 0.3) is 5.91 Å². The second-order valence-electron chi connectivity index (χ2n) is 5.76. The van der Waals surface area contributed by atoms with Crippen LogP contribution >= 0.6 is 15.9 Å². The number of aromatic nitrogens is 1. The molecule has 3 nitrogen and oxygen atoms in total. The van der Waals surface area contributed by atoms with E-state index in [0.29, 0.717) is 5.69 Å². The Morgan fingerprint density at radius 1 is 1.09 bits per heavy atom. The number of carbonyl (C=O) groups is 1. The maximum Gasteiger partial charge on any atom is 0.267 e. The summed E-state index contributed by atoms with van der Waals surface area (Å²) in [6, 6.07) is 16.4. The predicted octanol–water partition coefficient (Wildman–Crippen LogP) is 3.83. The van der Waals surface area contributed by atoms with Crippen LogP contribution in [0.15, 0.2) is 53.0 Å². The van der Waals surface area contributed by atoms with E-state index in [9.17, 15) is 4.79 Å². The number of carbonyl (C=O) groups excluding carboxylic acids is 1. The third kappa shape index (κ3) is 2.44. The van der Waals surface area contributed by atoms with Crippen LogP contribution in [-0.4, -0.2) is 16.9 Å². The minimum absolute atomic E-state index is 0.0369. The Morgan fingerprint density at radius 2 is 1.82 bits per heavy atom. The number of hydrogen-bond acceptors (Lipinski definition) is 1. The molecule has 0 saturated heterocycles. The molecule has 4 heteroatoms. The van der Waals surface area contributed by atoms with Gasteiger partial charge in [-0.05, 0) is 48.2 Å². The van der Waals surface area contributed by atoms with E-state index in [1.54, 1.807) is 0 Å². The molecule has 0 unspecified atom stereocenters. The SMILES string of the molecule is O=C(NC1Cc2ccccc2C1)c1cc2cc(Br)ccc2[nH]1. The summed E-state index contributed by atoms with van der Waals surface area (Å²) in [5.41, 5.74) is 4.27. The van der Waals surface area contributed by atoms with Crippen LogP contribution in [0.25, 0.3) is 10.9 Å². The van der Waals surface area contributed by atoms with Crippen LogP contribution in [-0.2, 0) is 12.8 Å². The molecular formula is C18H15BrN2O. The maximum atomic E-state index is 12.5. The molecule has 110 valence electrons. The molecule has 0 radical (unpaired) electrons. The van der Waals surface area contributed by atoms with Crippen molar-refractivity contribution >= 4 is 32.7 Å². The predicted molar refractivity (Wildman–Crippen MR) is 91.1 cm³/mol. The van der Waals surface area contributed by atoms with Crippen molar-refractivity contribution in [3.8, 4) is 0 Å². The summed E-state index contributed by atoms with van der Waals surface area (Å²) in [5, 5.41) is 4.17. The number of fused-ring (bicyclic) bond motifs is 2. The molecule has 1 heterocycles. The minimum atomic E-state index is -0.0369. The zero-order valence-electron chi connectivity index (χ0n) is 11.9. The van der Waals surface area contributed by atoms with Gasteiger partial charge < -0.3 is 10.3 Å². The molecule has 0 aliphatic heterocycles. The standard InChI is InChI=1S/C18H15BrN2O/c19-14-5-6-16-13(7-14)10-17(21-16)18(22)20-15-8-11-3-1-2-4-12(11)9-15/h1-7,10,15,21H,8-9H2,(H,20,22). The highest BCUT2D eigenvalue weighted by Gasteiger charge is 2.23. The van der Waals surface area contributed by atoms with E-state index >= 15 is 0 Å². The second-order valence-corrected chi connectivity index (χ2v) is 6.68. The van der Waals surface area contributed by atoms with Crippen LogP contribution in [0.4, 0.5) is 0 Å². The summed E-state index contributed by atoms with van der Waals surface area (Å²) in [6.45, 7) is 0. The lowest BCUT2D eigenvalue weighted by Gasteiger charge is -2.10. The number of benzene rings is 2. The Balaban J connectivity index is 1.52. The fourth-order valence-electron chi connectivity index (χ4n) is 3.15. The van der Waals surface area contributed by atoms with Crippen molar-refractivity contribution in [2.75, 3.05) is 0 Å². The first kappa shape index (κ1) is 13.6. The van der Waals surface area contributed by atoms with Gasteiger partial charge >= 0.3 is 0 Å². The highest BCUT2D eigenvalue weighted by molar-refractivity contribution is 9.10.